The maximum atomic E-state index is 11.5. The van der Waals surface area contributed by atoms with Crippen LogP contribution >= 0.6 is 11.6 Å². The minimum absolute atomic E-state index is 0.360. The zero-order chi connectivity index (χ0) is 11.7. The van der Waals surface area contributed by atoms with Crippen LogP contribution in [0.2, 0.25) is 5.02 Å². The molecule has 0 bridgehead atoms. The van der Waals surface area contributed by atoms with Crippen LogP contribution in [0.5, 0.6) is 0 Å². The minimum atomic E-state index is -0.545. The molecule has 0 N–H and O–H groups in total. The van der Waals surface area contributed by atoms with Crippen LogP contribution in [0.3, 0.4) is 0 Å². The van der Waals surface area contributed by atoms with Gasteiger partial charge in [-0.2, -0.15) is 0 Å². The normalized spacial score (nSPS) is 17.9. The SMILES string of the molecule is COC(=O)C1Cc2cc(Cl)ccc2C1=C=O. The van der Waals surface area contributed by atoms with Crippen molar-refractivity contribution in [1.82, 2.24) is 0 Å². The number of rotatable bonds is 1. The molecule has 1 aromatic rings. The van der Waals surface area contributed by atoms with E-state index in [4.69, 9.17) is 11.6 Å². The second kappa shape index (κ2) is 4.12. The Labute approximate surface area is 97.7 Å². The van der Waals surface area contributed by atoms with Crippen LogP contribution in [-0.2, 0) is 20.7 Å². The number of esters is 1. The molecule has 0 saturated heterocycles. The smallest absolute Gasteiger partial charge is 0.314 e. The van der Waals surface area contributed by atoms with Gasteiger partial charge in [-0.05, 0) is 29.7 Å². The quantitative estimate of drug-likeness (QED) is 0.553. The van der Waals surface area contributed by atoms with Crippen LogP contribution in [0, 0.1) is 5.92 Å². The van der Waals surface area contributed by atoms with Gasteiger partial charge in [-0.3, -0.25) is 4.79 Å². The maximum absolute atomic E-state index is 11.5. The average molecular weight is 237 g/mol. The van der Waals surface area contributed by atoms with Crippen LogP contribution < -0.4 is 0 Å². The molecule has 2 rings (SSSR count). The highest BCUT2D eigenvalue weighted by Crippen LogP contribution is 2.37. The molecule has 1 unspecified atom stereocenters. The molecular formula is C12H9ClO3. The lowest BCUT2D eigenvalue weighted by Gasteiger charge is -2.05. The van der Waals surface area contributed by atoms with Crippen LogP contribution in [0.1, 0.15) is 11.1 Å². The molecule has 1 atom stereocenters. The zero-order valence-electron chi connectivity index (χ0n) is 8.62. The Hall–Kier alpha value is -1.57. The molecular weight excluding hydrogens is 228 g/mol. The lowest BCUT2D eigenvalue weighted by Crippen LogP contribution is -2.15. The fraction of sp³-hybridized carbons (Fsp3) is 0.250. The molecule has 0 amide bonds. The third-order valence-electron chi connectivity index (χ3n) is 2.73. The highest BCUT2D eigenvalue weighted by atomic mass is 35.5. The number of ether oxygens (including phenoxy) is 1. The number of benzene rings is 1. The predicted molar refractivity (Wildman–Crippen MR) is 59.8 cm³/mol. The Morgan fingerprint density at radius 2 is 2.31 bits per heavy atom. The van der Waals surface area contributed by atoms with Crippen molar-refractivity contribution in [3.63, 3.8) is 0 Å². The molecule has 0 heterocycles. The van der Waals surface area contributed by atoms with Gasteiger partial charge in [0.05, 0.1) is 18.6 Å². The highest BCUT2D eigenvalue weighted by molar-refractivity contribution is 6.30. The van der Waals surface area contributed by atoms with Gasteiger partial charge in [0.1, 0.15) is 5.94 Å². The first-order chi connectivity index (χ1) is 7.67. The molecule has 1 aliphatic carbocycles. The third kappa shape index (κ3) is 1.64. The molecule has 0 aromatic heterocycles. The Morgan fingerprint density at radius 1 is 1.56 bits per heavy atom. The molecule has 1 aromatic carbocycles. The molecule has 4 heteroatoms. The van der Waals surface area contributed by atoms with Gasteiger partial charge in [0.15, 0.2) is 0 Å². The largest absolute Gasteiger partial charge is 0.469 e. The second-order valence-corrected chi connectivity index (χ2v) is 4.03. The van der Waals surface area contributed by atoms with Crippen molar-refractivity contribution in [3.8, 4) is 0 Å². The number of carbonyl (C=O) groups excluding carboxylic acids is 2. The van der Waals surface area contributed by atoms with Gasteiger partial charge in [-0.1, -0.05) is 17.7 Å². The summed E-state index contributed by atoms with van der Waals surface area (Å²) in [5, 5.41) is 0.592. The van der Waals surface area contributed by atoms with Gasteiger partial charge in [0.2, 0.25) is 0 Å². The Balaban J connectivity index is 2.48. The van der Waals surface area contributed by atoms with Crippen LogP contribution in [-0.4, -0.2) is 19.0 Å². The molecule has 16 heavy (non-hydrogen) atoms. The van der Waals surface area contributed by atoms with Crippen molar-refractivity contribution in [2.24, 2.45) is 5.92 Å². The van der Waals surface area contributed by atoms with E-state index >= 15 is 0 Å². The molecule has 1 aliphatic rings. The topological polar surface area (TPSA) is 43.4 Å². The summed E-state index contributed by atoms with van der Waals surface area (Å²) in [6.45, 7) is 0. The van der Waals surface area contributed by atoms with Crippen molar-refractivity contribution in [2.45, 2.75) is 6.42 Å². The van der Waals surface area contributed by atoms with Crippen molar-refractivity contribution in [1.29, 1.82) is 0 Å². The summed E-state index contributed by atoms with van der Waals surface area (Å²) in [5.41, 5.74) is 1.99. The minimum Gasteiger partial charge on any atom is -0.469 e. The number of hydrogen-bond acceptors (Lipinski definition) is 3. The van der Waals surface area contributed by atoms with Gasteiger partial charge in [0.25, 0.3) is 0 Å². The Morgan fingerprint density at radius 3 is 2.94 bits per heavy atom. The van der Waals surface area contributed by atoms with E-state index in [-0.39, 0.29) is 0 Å². The molecule has 0 fully saturated rings. The van der Waals surface area contributed by atoms with Gasteiger partial charge in [-0.15, -0.1) is 0 Å². The van der Waals surface area contributed by atoms with E-state index in [0.717, 1.165) is 11.1 Å². The Bertz CT molecular complexity index is 501. The van der Waals surface area contributed by atoms with E-state index in [0.29, 0.717) is 17.0 Å². The van der Waals surface area contributed by atoms with E-state index in [9.17, 15) is 9.59 Å². The first-order valence-corrected chi connectivity index (χ1v) is 5.16. The zero-order valence-corrected chi connectivity index (χ0v) is 9.38. The van der Waals surface area contributed by atoms with E-state index in [2.05, 4.69) is 4.74 Å². The van der Waals surface area contributed by atoms with Crippen molar-refractivity contribution in [3.05, 3.63) is 34.3 Å². The monoisotopic (exact) mass is 236 g/mol. The lowest BCUT2D eigenvalue weighted by atomic mass is 10.0. The van der Waals surface area contributed by atoms with Crippen molar-refractivity contribution in [2.75, 3.05) is 7.11 Å². The summed E-state index contributed by atoms with van der Waals surface area (Å²) in [6.07, 6.45) is 0.452. The fourth-order valence-electron chi connectivity index (χ4n) is 1.97. The standard InChI is InChI=1S/C12H9ClO3/c1-16-12(15)10-5-7-4-8(13)2-3-9(7)11(10)6-14/h2-4,10H,5H2,1H3. The van der Waals surface area contributed by atoms with E-state index in [1.807, 2.05) is 5.94 Å². The third-order valence-corrected chi connectivity index (χ3v) is 2.96. The maximum Gasteiger partial charge on any atom is 0.314 e. The van der Waals surface area contributed by atoms with E-state index < -0.39 is 11.9 Å². The van der Waals surface area contributed by atoms with Gasteiger partial charge >= 0.3 is 5.97 Å². The predicted octanol–water partition coefficient (Wildman–Crippen LogP) is 1.90. The number of halogens is 1. The first-order valence-electron chi connectivity index (χ1n) is 4.79. The van der Waals surface area contributed by atoms with Gasteiger partial charge in [0, 0.05) is 5.02 Å². The summed E-state index contributed by atoms with van der Waals surface area (Å²) in [7, 11) is 1.31. The van der Waals surface area contributed by atoms with E-state index in [1.165, 1.54) is 7.11 Å². The van der Waals surface area contributed by atoms with Crippen LogP contribution in [0.15, 0.2) is 18.2 Å². The van der Waals surface area contributed by atoms with E-state index in [1.54, 1.807) is 18.2 Å². The number of fused-ring (bicyclic) bond motifs is 1. The lowest BCUT2D eigenvalue weighted by molar-refractivity contribution is -0.143. The molecule has 0 aliphatic heterocycles. The summed E-state index contributed by atoms with van der Waals surface area (Å²) in [5.74, 6) is 0.871. The van der Waals surface area contributed by atoms with Crippen molar-refractivity contribution >= 4 is 29.1 Å². The number of methoxy groups -OCH3 is 1. The molecule has 0 spiro atoms. The van der Waals surface area contributed by atoms with Gasteiger partial charge < -0.3 is 4.74 Å². The summed E-state index contributed by atoms with van der Waals surface area (Å²) in [4.78, 5) is 22.4. The fourth-order valence-corrected chi connectivity index (χ4v) is 2.17. The Kier molecular flexibility index (Phi) is 2.82. The van der Waals surface area contributed by atoms with Crippen LogP contribution in [0.25, 0.3) is 5.57 Å². The molecule has 0 saturated carbocycles. The van der Waals surface area contributed by atoms with Gasteiger partial charge in [-0.25, -0.2) is 4.79 Å². The summed E-state index contributed by atoms with van der Waals surface area (Å²) in [6, 6.07) is 5.19. The average Bonchev–Trinajstić information content (AvgIpc) is 2.65. The second-order valence-electron chi connectivity index (χ2n) is 3.60. The van der Waals surface area contributed by atoms with Crippen LogP contribution in [0.4, 0.5) is 0 Å². The molecule has 0 radical (unpaired) electrons. The molecule has 82 valence electrons. The summed E-state index contributed by atoms with van der Waals surface area (Å²) >= 11 is 5.85. The number of hydrogen-bond donors (Lipinski definition) is 0. The first kappa shape index (κ1) is 10.9. The highest BCUT2D eigenvalue weighted by Gasteiger charge is 2.34. The number of carbonyl (C=O) groups is 1. The molecule has 3 nitrogen and oxygen atoms in total. The summed E-state index contributed by atoms with van der Waals surface area (Å²) < 4.78 is 4.66. The van der Waals surface area contributed by atoms with Crippen molar-refractivity contribution < 1.29 is 14.3 Å².